The number of carbonyl (C=O) groups excluding carboxylic acids is 1. The molecule has 0 bridgehead atoms. The predicted molar refractivity (Wildman–Crippen MR) is 109 cm³/mol. The molecule has 0 heterocycles. The Bertz CT molecular complexity index is 830. The number of carbonyl (C=O) groups is 1. The van der Waals surface area contributed by atoms with Crippen LogP contribution in [-0.4, -0.2) is 54.2 Å². The molecule has 0 aliphatic carbocycles. The Labute approximate surface area is 166 Å². The van der Waals surface area contributed by atoms with Crippen LogP contribution in [0, 0.1) is 0 Å². The van der Waals surface area contributed by atoms with Crippen LogP contribution in [-0.2, 0) is 19.6 Å². The fraction of sp³-hybridized carbons (Fsp3) is 0.389. The van der Waals surface area contributed by atoms with Gasteiger partial charge in [0, 0.05) is 39.7 Å². The normalized spacial score (nSPS) is 11.1. The summed E-state index contributed by atoms with van der Waals surface area (Å²) in [6, 6.07) is 12.5. The topological polar surface area (TPSA) is 96.5 Å². The van der Waals surface area contributed by atoms with Gasteiger partial charge in [0.25, 0.3) is 0 Å². The van der Waals surface area contributed by atoms with Gasteiger partial charge in [-0.3, -0.25) is 4.79 Å². The number of rotatable bonds is 11. The maximum atomic E-state index is 12.4. The van der Waals surface area contributed by atoms with E-state index >= 15 is 0 Å². The lowest BCUT2D eigenvalue weighted by molar-refractivity contribution is -0.120. The van der Waals surface area contributed by atoms with Crippen LogP contribution >= 0.6 is 12.4 Å². The van der Waals surface area contributed by atoms with Gasteiger partial charge >= 0.3 is 0 Å². The van der Waals surface area contributed by atoms with Crippen LogP contribution in [0.15, 0.2) is 47.4 Å². The van der Waals surface area contributed by atoms with Crippen LogP contribution in [0.25, 0.3) is 10.8 Å². The highest BCUT2D eigenvalue weighted by Crippen LogP contribution is 2.18. The van der Waals surface area contributed by atoms with Gasteiger partial charge in [-0.05, 0) is 22.9 Å². The summed E-state index contributed by atoms with van der Waals surface area (Å²) in [5.74, 6) is -0.195. The van der Waals surface area contributed by atoms with Gasteiger partial charge in [-0.25, -0.2) is 13.1 Å². The quantitative estimate of drug-likeness (QED) is 0.480. The minimum atomic E-state index is -3.64. The molecule has 2 rings (SSSR count). The van der Waals surface area contributed by atoms with Crippen molar-refractivity contribution in [2.75, 3.05) is 39.9 Å². The first-order valence-corrected chi connectivity index (χ1v) is 9.96. The second kappa shape index (κ2) is 11.9. The molecule has 1 amide bonds. The summed E-state index contributed by atoms with van der Waals surface area (Å²) in [6.45, 7) is 2.51. The molecular formula is C18H26ClN3O4S. The standard InChI is InChI=1S/C18H25N3O4S.ClH/c1-25-13-12-19-10-11-20-18(22)8-9-21-26(23,24)17-7-6-15-4-2-3-5-16(15)14-17;/h2-7,14,19,21H,8-13H2,1H3,(H,20,22);1H. The highest BCUT2D eigenvalue weighted by atomic mass is 35.5. The first-order valence-electron chi connectivity index (χ1n) is 8.48. The average Bonchev–Trinajstić information content (AvgIpc) is 2.64. The monoisotopic (exact) mass is 415 g/mol. The van der Waals surface area contributed by atoms with Gasteiger partial charge in [-0.1, -0.05) is 30.3 Å². The van der Waals surface area contributed by atoms with Crippen molar-refractivity contribution in [3.05, 3.63) is 42.5 Å². The van der Waals surface area contributed by atoms with Crippen molar-refractivity contribution in [2.24, 2.45) is 0 Å². The van der Waals surface area contributed by atoms with Gasteiger partial charge in [0.1, 0.15) is 0 Å². The van der Waals surface area contributed by atoms with Crippen molar-refractivity contribution in [3.63, 3.8) is 0 Å². The summed E-state index contributed by atoms with van der Waals surface area (Å²) >= 11 is 0. The highest BCUT2D eigenvalue weighted by molar-refractivity contribution is 7.89. The van der Waals surface area contributed by atoms with Crippen LogP contribution in [0.3, 0.4) is 0 Å². The molecule has 3 N–H and O–H groups in total. The number of nitrogens with one attached hydrogen (secondary N) is 3. The van der Waals surface area contributed by atoms with Crippen molar-refractivity contribution in [1.82, 2.24) is 15.4 Å². The summed E-state index contributed by atoms with van der Waals surface area (Å²) in [4.78, 5) is 11.9. The SMILES string of the molecule is COCCNCCNC(=O)CCNS(=O)(=O)c1ccc2ccccc2c1.Cl. The van der Waals surface area contributed by atoms with E-state index in [1.807, 2.05) is 24.3 Å². The van der Waals surface area contributed by atoms with Gasteiger partial charge in [-0.15, -0.1) is 12.4 Å². The lowest BCUT2D eigenvalue weighted by Crippen LogP contribution is -2.35. The molecule has 0 unspecified atom stereocenters. The summed E-state index contributed by atoms with van der Waals surface area (Å²) in [5, 5.41) is 7.67. The summed E-state index contributed by atoms with van der Waals surface area (Å²) in [7, 11) is -2.01. The third kappa shape index (κ3) is 7.82. The molecule has 27 heavy (non-hydrogen) atoms. The molecule has 0 aliphatic rings. The highest BCUT2D eigenvalue weighted by Gasteiger charge is 2.14. The van der Waals surface area contributed by atoms with Crippen LogP contribution < -0.4 is 15.4 Å². The number of methoxy groups -OCH3 is 1. The van der Waals surface area contributed by atoms with E-state index in [1.165, 1.54) is 0 Å². The molecule has 0 spiro atoms. The van der Waals surface area contributed by atoms with Crippen LogP contribution in [0.5, 0.6) is 0 Å². The maximum absolute atomic E-state index is 12.4. The second-order valence-corrected chi connectivity index (χ2v) is 7.52. The number of sulfonamides is 1. The lowest BCUT2D eigenvalue weighted by Gasteiger charge is -2.09. The molecule has 0 fully saturated rings. The fourth-order valence-corrected chi connectivity index (χ4v) is 3.46. The van der Waals surface area contributed by atoms with Crippen molar-refractivity contribution in [3.8, 4) is 0 Å². The van der Waals surface area contributed by atoms with E-state index in [1.54, 1.807) is 25.3 Å². The largest absolute Gasteiger partial charge is 0.383 e. The molecule has 0 saturated heterocycles. The summed E-state index contributed by atoms with van der Waals surface area (Å²) in [5.41, 5.74) is 0. The van der Waals surface area contributed by atoms with E-state index in [-0.39, 0.29) is 36.2 Å². The van der Waals surface area contributed by atoms with Gasteiger partial charge in [0.15, 0.2) is 0 Å². The Morgan fingerprint density at radius 3 is 2.48 bits per heavy atom. The van der Waals surface area contributed by atoms with Crippen molar-refractivity contribution in [1.29, 1.82) is 0 Å². The number of hydrogen-bond acceptors (Lipinski definition) is 5. The number of halogens is 1. The third-order valence-electron chi connectivity index (χ3n) is 3.78. The van der Waals surface area contributed by atoms with Crippen molar-refractivity contribution in [2.45, 2.75) is 11.3 Å². The van der Waals surface area contributed by atoms with E-state index in [2.05, 4.69) is 15.4 Å². The molecule has 0 saturated carbocycles. The Hall–Kier alpha value is -1.71. The zero-order valence-corrected chi connectivity index (χ0v) is 16.9. The van der Waals surface area contributed by atoms with Crippen LogP contribution in [0.4, 0.5) is 0 Å². The molecule has 2 aromatic carbocycles. The molecule has 9 heteroatoms. The van der Waals surface area contributed by atoms with Crippen LogP contribution in [0.2, 0.25) is 0 Å². The Kier molecular flexibility index (Phi) is 10.3. The number of benzene rings is 2. The van der Waals surface area contributed by atoms with Gasteiger partial charge < -0.3 is 15.4 Å². The zero-order chi connectivity index (χ0) is 18.8. The Morgan fingerprint density at radius 2 is 1.74 bits per heavy atom. The smallest absolute Gasteiger partial charge is 0.240 e. The van der Waals surface area contributed by atoms with Crippen LogP contribution in [0.1, 0.15) is 6.42 Å². The minimum Gasteiger partial charge on any atom is -0.383 e. The molecule has 150 valence electrons. The van der Waals surface area contributed by atoms with E-state index in [9.17, 15) is 13.2 Å². The lowest BCUT2D eigenvalue weighted by atomic mass is 10.1. The third-order valence-corrected chi connectivity index (χ3v) is 5.24. The molecule has 0 atom stereocenters. The maximum Gasteiger partial charge on any atom is 0.240 e. The average molecular weight is 416 g/mol. The Morgan fingerprint density at radius 1 is 1.00 bits per heavy atom. The number of ether oxygens (including phenoxy) is 1. The summed E-state index contributed by atoms with van der Waals surface area (Å²) < 4.78 is 32.1. The molecule has 0 aromatic heterocycles. The zero-order valence-electron chi connectivity index (χ0n) is 15.2. The van der Waals surface area contributed by atoms with Gasteiger partial charge in [0.05, 0.1) is 11.5 Å². The number of hydrogen-bond donors (Lipinski definition) is 3. The minimum absolute atomic E-state index is 0. The van der Waals surface area contributed by atoms with E-state index in [0.29, 0.717) is 19.7 Å². The predicted octanol–water partition coefficient (Wildman–Crippen LogP) is 1.28. The molecule has 7 nitrogen and oxygen atoms in total. The molecule has 0 radical (unpaired) electrons. The second-order valence-electron chi connectivity index (χ2n) is 5.75. The van der Waals surface area contributed by atoms with E-state index in [0.717, 1.165) is 17.3 Å². The number of amides is 1. The van der Waals surface area contributed by atoms with Gasteiger partial charge in [0.2, 0.25) is 15.9 Å². The fourth-order valence-electron chi connectivity index (χ4n) is 2.39. The summed E-state index contributed by atoms with van der Waals surface area (Å²) in [6.07, 6.45) is 0.0882. The molecular weight excluding hydrogens is 390 g/mol. The van der Waals surface area contributed by atoms with Crippen molar-refractivity contribution >= 4 is 39.1 Å². The van der Waals surface area contributed by atoms with Crippen molar-refractivity contribution < 1.29 is 17.9 Å². The molecule has 0 aliphatic heterocycles. The molecule has 2 aromatic rings. The van der Waals surface area contributed by atoms with E-state index in [4.69, 9.17) is 4.74 Å². The van der Waals surface area contributed by atoms with Gasteiger partial charge in [-0.2, -0.15) is 0 Å². The first-order chi connectivity index (χ1) is 12.5. The number of fused-ring (bicyclic) bond motifs is 1. The van der Waals surface area contributed by atoms with E-state index < -0.39 is 10.0 Å². The Balaban J connectivity index is 0.00000364. The first kappa shape index (κ1) is 23.3.